The van der Waals surface area contributed by atoms with Crippen LogP contribution in [0, 0.1) is 40.9 Å². The highest BCUT2D eigenvalue weighted by Gasteiger charge is 2.49. The highest BCUT2D eigenvalue weighted by Crippen LogP contribution is 2.57. The number of rotatable bonds is 4. The minimum absolute atomic E-state index is 0.0197. The number of nitrogens with one attached hydrogen (secondary N) is 1. The van der Waals surface area contributed by atoms with Gasteiger partial charge in [-0.1, -0.05) is 0 Å². The molecular weight excluding hydrogens is 238 g/mol. The molecule has 0 aromatic heterocycles. The predicted molar refractivity (Wildman–Crippen MR) is 71.8 cm³/mol. The lowest BCUT2D eigenvalue weighted by atomic mass is 9.50. The van der Waals surface area contributed by atoms with E-state index in [1.54, 1.807) is 0 Å². The first kappa shape index (κ1) is 12.9. The van der Waals surface area contributed by atoms with E-state index in [0.29, 0.717) is 12.3 Å². The minimum atomic E-state index is -0.0668. The summed E-state index contributed by atoms with van der Waals surface area (Å²) in [4.78, 5) is 11.7. The average molecular weight is 261 g/mol. The van der Waals surface area contributed by atoms with E-state index >= 15 is 0 Å². The van der Waals surface area contributed by atoms with Gasteiger partial charge in [-0.25, -0.2) is 0 Å². The zero-order chi connectivity index (χ0) is 13.4. The van der Waals surface area contributed by atoms with E-state index in [1.165, 1.54) is 32.1 Å². The van der Waals surface area contributed by atoms with Gasteiger partial charge in [0.1, 0.15) is 6.54 Å². The van der Waals surface area contributed by atoms with E-state index in [1.807, 2.05) is 6.07 Å². The number of nitrogens with two attached hydrogens (primary N) is 1. The van der Waals surface area contributed by atoms with Gasteiger partial charge in [-0.3, -0.25) is 4.79 Å². The van der Waals surface area contributed by atoms with Gasteiger partial charge in [-0.05, 0) is 61.7 Å². The third-order valence-electron chi connectivity index (χ3n) is 5.58. The van der Waals surface area contributed by atoms with Crippen molar-refractivity contribution < 1.29 is 4.79 Å². The monoisotopic (exact) mass is 261 g/mol. The summed E-state index contributed by atoms with van der Waals surface area (Å²) in [6, 6.07) is 1.91. The van der Waals surface area contributed by atoms with Crippen LogP contribution in [0.3, 0.4) is 0 Å². The lowest BCUT2D eigenvalue weighted by Gasteiger charge is -2.56. The Morgan fingerprint density at radius 3 is 2.32 bits per heavy atom. The van der Waals surface area contributed by atoms with Crippen LogP contribution < -0.4 is 11.1 Å². The van der Waals surface area contributed by atoms with Gasteiger partial charge in [-0.2, -0.15) is 5.26 Å². The molecule has 0 aromatic carbocycles. The predicted octanol–water partition coefficient (Wildman–Crippen LogP) is 1.42. The van der Waals surface area contributed by atoms with Gasteiger partial charge in [-0.15, -0.1) is 0 Å². The van der Waals surface area contributed by atoms with Crippen LogP contribution in [0.5, 0.6) is 0 Å². The van der Waals surface area contributed by atoms with E-state index in [-0.39, 0.29) is 18.5 Å². The van der Waals surface area contributed by atoms with Crippen molar-refractivity contribution in [3.8, 4) is 6.07 Å². The van der Waals surface area contributed by atoms with Crippen molar-refractivity contribution in [1.29, 1.82) is 5.26 Å². The van der Waals surface area contributed by atoms with Gasteiger partial charge in [0, 0.05) is 12.5 Å². The fourth-order valence-corrected chi connectivity index (χ4v) is 5.23. The molecule has 19 heavy (non-hydrogen) atoms. The maximum atomic E-state index is 11.7. The second kappa shape index (κ2) is 5.13. The minimum Gasteiger partial charge on any atom is -0.343 e. The molecule has 0 aliphatic heterocycles. The van der Waals surface area contributed by atoms with Crippen molar-refractivity contribution in [3.05, 3.63) is 0 Å². The maximum Gasteiger partial charge on any atom is 0.222 e. The Balaban J connectivity index is 1.59. The van der Waals surface area contributed by atoms with E-state index in [4.69, 9.17) is 11.0 Å². The first-order chi connectivity index (χ1) is 9.17. The highest BCUT2D eigenvalue weighted by molar-refractivity contribution is 5.76. The number of carbonyl (C=O) groups is 1. The Bertz CT molecular complexity index is 373. The SMILES string of the molecule is N#CCNC(=O)CC(N)C1C2CC3CC(C2)CC1C3. The second-order valence-corrected chi connectivity index (χ2v) is 6.81. The van der Waals surface area contributed by atoms with E-state index in [9.17, 15) is 4.79 Å². The molecule has 3 N–H and O–H groups in total. The van der Waals surface area contributed by atoms with Crippen molar-refractivity contribution >= 4 is 5.91 Å². The van der Waals surface area contributed by atoms with Crippen LogP contribution >= 0.6 is 0 Å². The van der Waals surface area contributed by atoms with Crippen LogP contribution in [0.4, 0.5) is 0 Å². The van der Waals surface area contributed by atoms with Gasteiger partial charge in [0.15, 0.2) is 0 Å². The molecule has 0 saturated heterocycles. The standard InChI is InChI=1S/C15H23N3O/c16-1-2-18-14(19)8-13(17)15-11-4-9-3-10(6-11)7-12(15)5-9/h9-13,15H,2-8,17H2,(H,18,19). The molecule has 1 atom stereocenters. The summed E-state index contributed by atoms with van der Waals surface area (Å²) in [5.41, 5.74) is 6.33. The van der Waals surface area contributed by atoms with E-state index < -0.39 is 0 Å². The molecule has 1 amide bonds. The number of nitrogens with zero attached hydrogens (tertiary/aromatic N) is 1. The average Bonchev–Trinajstić information content (AvgIpc) is 2.35. The fraction of sp³-hybridized carbons (Fsp3) is 0.867. The normalized spacial score (nSPS) is 40.7. The van der Waals surface area contributed by atoms with Crippen molar-refractivity contribution in [1.82, 2.24) is 5.32 Å². The topological polar surface area (TPSA) is 78.9 Å². The summed E-state index contributed by atoms with van der Waals surface area (Å²) in [5.74, 6) is 3.88. The Hall–Kier alpha value is -1.08. The van der Waals surface area contributed by atoms with Crippen molar-refractivity contribution in [3.63, 3.8) is 0 Å². The molecule has 4 nitrogen and oxygen atoms in total. The Morgan fingerprint density at radius 1 is 1.21 bits per heavy atom. The number of hydrogen-bond donors (Lipinski definition) is 2. The molecule has 0 spiro atoms. The van der Waals surface area contributed by atoms with Crippen LogP contribution in [0.25, 0.3) is 0 Å². The van der Waals surface area contributed by atoms with E-state index in [2.05, 4.69) is 5.32 Å². The Labute approximate surface area is 114 Å². The number of hydrogen-bond acceptors (Lipinski definition) is 3. The zero-order valence-electron chi connectivity index (χ0n) is 11.3. The van der Waals surface area contributed by atoms with Gasteiger partial charge < -0.3 is 11.1 Å². The molecule has 4 bridgehead atoms. The Morgan fingerprint density at radius 2 is 1.79 bits per heavy atom. The van der Waals surface area contributed by atoms with E-state index in [0.717, 1.165) is 23.7 Å². The largest absolute Gasteiger partial charge is 0.343 e. The molecule has 1 unspecified atom stereocenters. The van der Waals surface area contributed by atoms with Crippen molar-refractivity contribution in [2.75, 3.05) is 6.54 Å². The molecule has 4 aliphatic carbocycles. The zero-order valence-corrected chi connectivity index (χ0v) is 11.3. The van der Waals surface area contributed by atoms with Crippen LogP contribution in [0.2, 0.25) is 0 Å². The summed E-state index contributed by atoms with van der Waals surface area (Å²) in [7, 11) is 0. The quantitative estimate of drug-likeness (QED) is 0.751. The van der Waals surface area contributed by atoms with Gasteiger partial charge in [0.25, 0.3) is 0 Å². The van der Waals surface area contributed by atoms with Gasteiger partial charge >= 0.3 is 0 Å². The maximum absolute atomic E-state index is 11.7. The molecule has 4 fully saturated rings. The number of amides is 1. The van der Waals surface area contributed by atoms with Crippen molar-refractivity contribution in [2.24, 2.45) is 35.3 Å². The third kappa shape index (κ3) is 2.49. The Kier molecular flexibility index (Phi) is 3.49. The molecule has 0 aromatic rings. The molecule has 4 rings (SSSR count). The summed E-state index contributed by atoms with van der Waals surface area (Å²) >= 11 is 0. The number of carbonyl (C=O) groups excluding carboxylic acids is 1. The lowest BCUT2D eigenvalue weighted by Crippen LogP contribution is -2.52. The third-order valence-corrected chi connectivity index (χ3v) is 5.58. The first-order valence-corrected chi connectivity index (χ1v) is 7.56. The number of nitriles is 1. The summed E-state index contributed by atoms with van der Waals surface area (Å²) in [6.45, 7) is 0.0905. The van der Waals surface area contributed by atoms with Crippen LogP contribution in [0.1, 0.15) is 38.5 Å². The summed E-state index contributed by atoms with van der Waals surface area (Å²) in [6.07, 6.45) is 7.18. The van der Waals surface area contributed by atoms with Crippen LogP contribution in [0.15, 0.2) is 0 Å². The lowest BCUT2D eigenvalue weighted by molar-refractivity contribution is -0.122. The van der Waals surface area contributed by atoms with Gasteiger partial charge in [0.05, 0.1) is 6.07 Å². The molecule has 4 heteroatoms. The fourth-order valence-electron chi connectivity index (χ4n) is 5.23. The molecule has 104 valence electrons. The smallest absolute Gasteiger partial charge is 0.222 e. The van der Waals surface area contributed by atoms with Crippen LogP contribution in [-0.4, -0.2) is 18.5 Å². The van der Waals surface area contributed by atoms with Gasteiger partial charge in [0.2, 0.25) is 5.91 Å². The summed E-state index contributed by atoms with van der Waals surface area (Å²) in [5, 5.41) is 11.1. The molecular formula is C15H23N3O. The second-order valence-electron chi connectivity index (χ2n) is 6.81. The molecule has 4 saturated carbocycles. The summed E-state index contributed by atoms with van der Waals surface area (Å²) < 4.78 is 0. The van der Waals surface area contributed by atoms with Crippen molar-refractivity contribution in [2.45, 2.75) is 44.6 Å². The molecule has 0 heterocycles. The molecule has 4 aliphatic rings. The highest BCUT2D eigenvalue weighted by atomic mass is 16.1. The molecule has 0 radical (unpaired) electrons. The van der Waals surface area contributed by atoms with Crippen LogP contribution in [-0.2, 0) is 4.79 Å². The first-order valence-electron chi connectivity index (χ1n) is 7.56.